The van der Waals surface area contributed by atoms with Crippen molar-refractivity contribution in [2.45, 2.75) is 38.3 Å². The first-order chi connectivity index (χ1) is 13.5. The zero-order valence-corrected chi connectivity index (χ0v) is 17.5. The molecule has 148 valence electrons. The molecule has 4 rings (SSSR count). The number of urea groups is 1. The van der Waals surface area contributed by atoms with Crippen molar-refractivity contribution in [1.29, 1.82) is 0 Å². The second kappa shape index (κ2) is 7.59. The molecule has 0 radical (unpaired) electrons. The van der Waals surface area contributed by atoms with Crippen LogP contribution in [-0.4, -0.2) is 59.9 Å². The smallest absolute Gasteiger partial charge is 0.320 e. The Labute approximate surface area is 170 Å². The van der Waals surface area contributed by atoms with Crippen molar-refractivity contribution in [1.82, 2.24) is 14.7 Å². The molecular weight excluding hydrogens is 370 g/mol. The van der Waals surface area contributed by atoms with Crippen LogP contribution in [0.2, 0.25) is 0 Å². The van der Waals surface area contributed by atoms with E-state index in [0.29, 0.717) is 6.54 Å². The Kier molecular flexibility index (Phi) is 5.15. The van der Waals surface area contributed by atoms with Gasteiger partial charge in [-0.2, -0.15) is 0 Å². The number of hydrogen-bond donors (Lipinski definition) is 0. The van der Waals surface area contributed by atoms with Gasteiger partial charge < -0.3 is 14.7 Å². The van der Waals surface area contributed by atoms with Crippen molar-refractivity contribution in [3.05, 3.63) is 57.3 Å². The van der Waals surface area contributed by atoms with Gasteiger partial charge in [0.2, 0.25) is 5.91 Å². The van der Waals surface area contributed by atoms with E-state index in [1.807, 2.05) is 4.90 Å². The first-order valence-electron chi connectivity index (χ1n) is 9.86. The summed E-state index contributed by atoms with van der Waals surface area (Å²) in [7, 11) is 3.49. The van der Waals surface area contributed by atoms with E-state index in [4.69, 9.17) is 0 Å². The molecule has 2 aliphatic rings. The van der Waals surface area contributed by atoms with Gasteiger partial charge in [-0.1, -0.05) is 29.8 Å². The van der Waals surface area contributed by atoms with E-state index >= 15 is 0 Å². The monoisotopic (exact) mass is 397 g/mol. The van der Waals surface area contributed by atoms with Crippen molar-refractivity contribution < 1.29 is 9.59 Å². The lowest BCUT2D eigenvalue weighted by Gasteiger charge is -2.38. The van der Waals surface area contributed by atoms with Gasteiger partial charge >= 0.3 is 6.03 Å². The molecule has 0 unspecified atom stereocenters. The van der Waals surface area contributed by atoms with Crippen molar-refractivity contribution in [3.63, 3.8) is 0 Å². The number of nitrogens with zero attached hydrogens (tertiary/aromatic N) is 3. The minimum atomic E-state index is -0.0732. The Morgan fingerprint density at radius 2 is 1.86 bits per heavy atom. The average molecular weight is 398 g/mol. The highest BCUT2D eigenvalue weighted by atomic mass is 32.1. The molecule has 1 atom stereocenters. The molecule has 6 heteroatoms. The highest BCUT2D eigenvalue weighted by Gasteiger charge is 2.38. The third-order valence-corrected chi connectivity index (χ3v) is 6.60. The number of carbonyl (C=O) groups is 2. The summed E-state index contributed by atoms with van der Waals surface area (Å²) in [4.78, 5) is 32.6. The molecule has 1 aromatic carbocycles. The van der Waals surface area contributed by atoms with Crippen LogP contribution in [0.5, 0.6) is 0 Å². The topological polar surface area (TPSA) is 43.9 Å². The summed E-state index contributed by atoms with van der Waals surface area (Å²) in [5.41, 5.74) is 3.57. The predicted molar refractivity (Wildman–Crippen MR) is 112 cm³/mol. The van der Waals surface area contributed by atoms with Crippen LogP contribution in [0.15, 0.2) is 35.7 Å². The third-order valence-electron chi connectivity index (χ3n) is 5.60. The number of rotatable bonds is 4. The second-order valence-electron chi connectivity index (χ2n) is 7.99. The fraction of sp³-hybridized carbons (Fsp3) is 0.455. The van der Waals surface area contributed by atoms with Crippen LogP contribution in [0, 0.1) is 6.92 Å². The van der Waals surface area contributed by atoms with E-state index in [0.717, 1.165) is 24.8 Å². The molecule has 0 N–H and O–H groups in total. The van der Waals surface area contributed by atoms with Crippen molar-refractivity contribution >= 4 is 23.3 Å². The normalized spacial score (nSPS) is 18.5. The van der Waals surface area contributed by atoms with E-state index < -0.39 is 0 Å². The summed E-state index contributed by atoms with van der Waals surface area (Å²) in [6.45, 7) is 2.92. The molecule has 2 heterocycles. The Hall–Kier alpha value is -2.34. The Bertz CT molecular complexity index is 870. The Morgan fingerprint density at radius 3 is 2.50 bits per heavy atom. The maximum absolute atomic E-state index is 13.4. The van der Waals surface area contributed by atoms with Crippen LogP contribution >= 0.6 is 11.3 Å². The van der Waals surface area contributed by atoms with Gasteiger partial charge in [0, 0.05) is 31.6 Å². The highest BCUT2D eigenvalue weighted by Crippen LogP contribution is 2.38. The largest absolute Gasteiger partial charge is 0.331 e. The van der Waals surface area contributed by atoms with E-state index in [-0.39, 0.29) is 30.6 Å². The van der Waals surface area contributed by atoms with E-state index in [9.17, 15) is 9.59 Å². The maximum atomic E-state index is 13.4. The third kappa shape index (κ3) is 3.65. The molecule has 1 aliphatic heterocycles. The van der Waals surface area contributed by atoms with Gasteiger partial charge in [-0.25, -0.2) is 4.79 Å². The molecule has 0 bridgehead atoms. The quantitative estimate of drug-likeness (QED) is 0.790. The zero-order chi connectivity index (χ0) is 19.8. The number of benzene rings is 1. The Morgan fingerprint density at radius 1 is 1.14 bits per heavy atom. The predicted octanol–water partition coefficient (Wildman–Crippen LogP) is 3.68. The molecule has 1 aromatic heterocycles. The summed E-state index contributed by atoms with van der Waals surface area (Å²) < 4.78 is 0. The fourth-order valence-corrected chi connectivity index (χ4v) is 4.83. The first-order valence-corrected chi connectivity index (χ1v) is 10.7. The molecule has 2 aromatic rings. The number of aryl methyl sites for hydroxylation is 1. The Balaban J connectivity index is 1.62. The summed E-state index contributed by atoms with van der Waals surface area (Å²) in [5.74, 6) is 0.0320. The lowest BCUT2D eigenvalue weighted by molar-refractivity contribution is -0.134. The van der Waals surface area contributed by atoms with E-state index in [1.54, 1.807) is 35.2 Å². The lowest BCUT2D eigenvalue weighted by Crippen LogP contribution is -2.49. The average Bonchev–Trinajstić information content (AvgIpc) is 3.41. The minimum Gasteiger partial charge on any atom is -0.331 e. The highest BCUT2D eigenvalue weighted by molar-refractivity contribution is 7.10. The van der Waals surface area contributed by atoms with E-state index in [2.05, 4.69) is 42.6 Å². The zero-order valence-electron chi connectivity index (χ0n) is 16.7. The van der Waals surface area contributed by atoms with Crippen LogP contribution in [-0.2, 0) is 11.2 Å². The van der Waals surface area contributed by atoms with Crippen LogP contribution in [0.4, 0.5) is 4.79 Å². The molecule has 1 aliphatic carbocycles. The van der Waals surface area contributed by atoms with Crippen molar-refractivity contribution in [3.8, 4) is 0 Å². The van der Waals surface area contributed by atoms with Crippen molar-refractivity contribution in [2.24, 2.45) is 0 Å². The van der Waals surface area contributed by atoms with E-state index in [1.165, 1.54) is 16.0 Å². The summed E-state index contributed by atoms with van der Waals surface area (Å²) in [6, 6.07) is 10.7. The molecule has 0 spiro atoms. The van der Waals surface area contributed by atoms with Gasteiger partial charge in [0.25, 0.3) is 0 Å². The standard InChI is InChI=1S/C22H27N3O2S/c1-15-4-6-16(7-5-15)21-18-11-13-28-19(18)10-12-24(21)20(26)14-25(17-8-9-17)22(27)23(2)3/h4-7,11,13,17,21H,8-10,12,14H2,1-3H3/t21-/m0/s1. The molecule has 0 saturated heterocycles. The molecule has 3 amide bonds. The second-order valence-corrected chi connectivity index (χ2v) is 8.99. The lowest BCUT2D eigenvalue weighted by atomic mass is 9.92. The summed E-state index contributed by atoms with van der Waals surface area (Å²) in [6.07, 6.45) is 2.86. The number of hydrogen-bond acceptors (Lipinski definition) is 3. The number of carbonyl (C=O) groups excluding carboxylic acids is 2. The summed E-state index contributed by atoms with van der Waals surface area (Å²) in [5, 5.41) is 2.12. The van der Waals surface area contributed by atoms with Gasteiger partial charge in [0.1, 0.15) is 6.54 Å². The van der Waals surface area contributed by atoms with Crippen LogP contribution in [0.1, 0.15) is 40.5 Å². The summed E-state index contributed by atoms with van der Waals surface area (Å²) >= 11 is 1.77. The van der Waals surface area contributed by atoms with Crippen LogP contribution in [0.25, 0.3) is 0 Å². The molecule has 1 saturated carbocycles. The van der Waals surface area contributed by atoms with Crippen molar-refractivity contribution in [2.75, 3.05) is 27.2 Å². The molecule has 28 heavy (non-hydrogen) atoms. The van der Waals surface area contributed by atoms with Gasteiger partial charge in [-0.3, -0.25) is 4.79 Å². The van der Waals surface area contributed by atoms with Gasteiger partial charge in [0.15, 0.2) is 0 Å². The minimum absolute atomic E-state index is 0.0320. The van der Waals surface area contributed by atoms with Crippen LogP contribution in [0.3, 0.4) is 0 Å². The first kappa shape index (κ1) is 19.0. The molecule has 5 nitrogen and oxygen atoms in total. The van der Waals surface area contributed by atoms with Gasteiger partial charge in [0.05, 0.1) is 6.04 Å². The number of fused-ring (bicyclic) bond motifs is 1. The fourth-order valence-electron chi connectivity index (χ4n) is 3.93. The molecular formula is C22H27N3O2S. The number of amides is 3. The molecule has 1 fully saturated rings. The van der Waals surface area contributed by atoms with Gasteiger partial charge in [-0.15, -0.1) is 11.3 Å². The SMILES string of the molecule is Cc1ccc([C@H]2c3ccsc3CCN2C(=O)CN(C(=O)N(C)C)C2CC2)cc1. The van der Waals surface area contributed by atoms with Gasteiger partial charge in [-0.05, 0) is 48.8 Å². The number of thiophene rings is 1. The maximum Gasteiger partial charge on any atom is 0.320 e. The van der Waals surface area contributed by atoms with Crippen LogP contribution < -0.4 is 0 Å².